The number of nitrogens with one attached hydrogen (secondary N) is 2. The third kappa shape index (κ3) is 10.9. The van der Waals surface area contributed by atoms with Gasteiger partial charge in [0.25, 0.3) is 0 Å². The number of carbonyl (C=O) groups is 5. The van der Waals surface area contributed by atoms with Crippen LogP contribution in [-0.2, 0) is 33.3 Å². The normalized spacial score (nSPS) is 20.6. The Balaban J connectivity index is 0.915. The van der Waals surface area contributed by atoms with Crippen LogP contribution in [0.5, 0.6) is 0 Å². The number of hydrogen-bond donors (Lipinski definition) is 2. The van der Waals surface area contributed by atoms with Crippen molar-refractivity contribution in [2.75, 3.05) is 65.5 Å². The summed E-state index contributed by atoms with van der Waals surface area (Å²) < 4.78 is 22.2. The van der Waals surface area contributed by atoms with Gasteiger partial charge in [-0.25, -0.2) is 14.6 Å². The van der Waals surface area contributed by atoms with Gasteiger partial charge in [0.05, 0.1) is 50.3 Å². The predicted molar refractivity (Wildman–Crippen MR) is 240 cm³/mol. The second-order valence-corrected chi connectivity index (χ2v) is 18.3. The molecule has 64 heavy (non-hydrogen) atoms. The molecule has 0 saturated carbocycles. The first-order valence-corrected chi connectivity index (χ1v) is 23.0. The maximum atomic E-state index is 14.1. The molecule has 16 heteroatoms. The number of anilines is 1. The molecule has 0 radical (unpaired) electrons. The monoisotopic (exact) mass is 883 g/mol. The molecule has 2 aromatic carbocycles. The minimum atomic E-state index is -0.702. The van der Waals surface area contributed by atoms with Crippen LogP contribution >= 0.6 is 0 Å². The van der Waals surface area contributed by atoms with E-state index in [1.54, 1.807) is 25.2 Å². The minimum absolute atomic E-state index is 0.111. The number of aromatic nitrogens is 2. The summed E-state index contributed by atoms with van der Waals surface area (Å²) in [5, 5.41) is 3.03. The van der Waals surface area contributed by atoms with Crippen LogP contribution in [-0.4, -0.2) is 144 Å². The Bertz CT molecular complexity index is 2080. The van der Waals surface area contributed by atoms with Gasteiger partial charge in [-0.2, -0.15) is 0 Å². The lowest BCUT2D eigenvalue weighted by Gasteiger charge is -2.35. The number of benzene rings is 2. The van der Waals surface area contributed by atoms with E-state index >= 15 is 0 Å². The van der Waals surface area contributed by atoms with Crippen LogP contribution in [0.2, 0.25) is 0 Å². The molecule has 0 aliphatic carbocycles. The quantitative estimate of drug-likeness (QED) is 0.187. The lowest BCUT2D eigenvalue weighted by atomic mass is 10.0. The molecular weight excluding hydrogens is 819 g/mol. The minimum Gasteiger partial charge on any atom is -0.446 e. The Morgan fingerprint density at radius 1 is 0.703 bits per heavy atom. The molecule has 4 atom stereocenters. The summed E-state index contributed by atoms with van der Waals surface area (Å²) in [6.07, 6.45) is 5.07. The average molecular weight is 884 g/mol. The second kappa shape index (κ2) is 21.0. The SMILES string of the molecule is CC(C)[C@@H](C(=O)N1CC[C@H](C(=O)Nc2ccc(-c3ccc(-c4cnc([C@@H]5CCCN5C(=O)[C@@H](C(C)C)N(C)C(=O)OC5CCOCC5)[nH]4)cc3)cc2)C1)N(C)C(=O)OC1CCOCC1. The maximum Gasteiger partial charge on any atom is 0.410 e. The third-order valence-corrected chi connectivity index (χ3v) is 13.1. The number of imidazole rings is 1. The molecule has 4 fully saturated rings. The molecular formula is C48H65N7O9. The topological polar surface area (TPSA) is 176 Å². The lowest BCUT2D eigenvalue weighted by Crippen LogP contribution is -2.52. The zero-order valence-electron chi connectivity index (χ0n) is 38.1. The highest BCUT2D eigenvalue weighted by Crippen LogP contribution is 2.34. The number of carbonyl (C=O) groups excluding carboxylic acids is 5. The Morgan fingerprint density at radius 2 is 1.22 bits per heavy atom. The molecule has 0 bridgehead atoms. The van der Waals surface area contributed by atoms with Crippen LogP contribution in [0, 0.1) is 17.8 Å². The highest BCUT2D eigenvalue weighted by atomic mass is 16.6. The van der Waals surface area contributed by atoms with Crippen LogP contribution in [0.4, 0.5) is 15.3 Å². The van der Waals surface area contributed by atoms with Crippen LogP contribution in [0.15, 0.2) is 54.7 Å². The van der Waals surface area contributed by atoms with Crippen molar-refractivity contribution in [3.8, 4) is 22.4 Å². The van der Waals surface area contributed by atoms with Crippen molar-refractivity contribution in [2.45, 2.75) is 103 Å². The van der Waals surface area contributed by atoms with Gasteiger partial charge < -0.3 is 39.0 Å². The molecule has 5 amide bonds. The zero-order valence-corrected chi connectivity index (χ0v) is 38.1. The first-order valence-electron chi connectivity index (χ1n) is 23.0. The first-order chi connectivity index (χ1) is 30.8. The Labute approximate surface area is 376 Å². The smallest absolute Gasteiger partial charge is 0.410 e. The van der Waals surface area contributed by atoms with Crippen LogP contribution in [0.3, 0.4) is 0 Å². The van der Waals surface area contributed by atoms with Gasteiger partial charge in [0.2, 0.25) is 17.7 Å². The molecule has 7 rings (SSSR count). The molecule has 4 aliphatic rings. The van der Waals surface area contributed by atoms with Gasteiger partial charge in [-0.3, -0.25) is 24.2 Å². The fraction of sp³-hybridized carbons (Fsp3) is 0.583. The third-order valence-electron chi connectivity index (χ3n) is 13.1. The maximum absolute atomic E-state index is 14.1. The second-order valence-electron chi connectivity index (χ2n) is 18.3. The Kier molecular flexibility index (Phi) is 15.3. The van der Waals surface area contributed by atoms with E-state index in [9.17, 15) is 24.0 Å². The van der Waals surface area contributed by atoms with Crippen LogP contribution in [0.25, 0.3) is 22.4 Å². The summed E-state index contributed by atoms with van der Waals surface area (Å²) in [4.78, 5) is 82.0. The Hall–Kier alpha value is -5.48. The summed E-state index contributed by atoms with van der Waals surface area (Å²) in [7, 11) is 3.25. The molecule has 5 heterocycles. The van der Waals surface area contributed by atoms with E-state index in [0.29, 0.717) is 83.1 Å². The van der Waals surface area contributed by atoms with Crippen molar-refractivity contribution >= 4 is 35.6 Å². The Morgan fingerprint density at radius 3 is 1.77 bits per heavy atom. The molecule has 4 aliphatic heterocycles. The average Bonchev–Trinajstić information content (AvgIpc) is 4.10. The van der Waals surface area contributed by atoms with E-state index in [-0.39, 0.29) is 60.3 Å². The molecule has 3 aromatic rings. The van der Waals surface area contributed by atoms with Crippen molar-refractivity contribution in [3.05, 3.63) is 60.6 Å². The number of aromatic amines is 1. The number of ether oxygens (including phenoxy) is 4. The van der Waals surface area contributed by atoms with E-state index in [1.807, 2.05) is 81.1 Å². The van der Waals surface area contributed by atoms with Gasteiger partial charge in [-0.05, 0) is 59.9 Å². The van der Waals surface area contributed by atoms with Crippen molar-refractivity contribution in [2.24, 2.45) is 17.8 Å². The van der Waals surface area contributed by atoms with Gasteiger partial charge in [0.15, 0.2) is 0 Å². The fourth-order valence-corrected chi connectivity index (χ4v) is 9.39. The first kappa shape index (κ1) is 46.5. The van der Waals surface area contributed by atoms with Gasteiger partial charge in [-0.1, -0.05) is 64.1 Å². The van der Waals surface area contributed by atoms with Gasteiger partial charge in [-0.15, -0.1) is 0 Å². The molecule has 16 nitrogen and oxygen atoms in total. The zero-order chi connectivity index (χ0) is 45.5. The van der Waals surface area contributed by atoms with E-state index in [2.05, 4.69) is 10.3 Å². The molecule has 0 unspecified atom stereocenters. The number of rotatable bonds is 13. The van der Waals surface area contributed by atoms with Gasteiger partial charge in [0.1, 0.15) is 30.1 Å². The number of H-pyrrole nitrogens is 1. The number of amides is 5. The molecule has 1 aromatic heterocycles. The molecule has 346 valence electrons. The molecule has 4 saturated heterocycles. The van der Waals surface area contributed by atoms with Crippen molar-refractivity contribution < 1.29 is 42.9 Å². The number of nitrogens with zero attached hydrogens (tertiary/aromatic N) is 5. The summed E-state index contributed by atoms with van der Waals surface area (Å²) >= 11 is 0. The summed E-state index contributed by atoms with van der Waals surface area (Å²) in [5.41, 5.74) is 4.43. The highest BCUT2D eigenvalue weighted by molar-refractivity contribution is 5.94. The number of likely N-dealkylation sites (N-methyl/N-ethyl adjacent to an activating group) is 2. The van der Waals surface area contributed by atoms with Crippen molar-refractivity contribution in [1.29, 1.82) is 0 Å². The van der Waals surface area contributed by atoms with Gasteiger partial charge >= 0.3 is 12.2 Å². The summed E-state index contributed by atoms with van der Waals surface area (Å²) in [5.74, 6) is -0.372. The standard InChI is InChI=1S/C48H65N7O9/c1-30(2)41(52(5)47(59)63-37-18-24-61-25-19-37)45(57)54-23-17-35(29-54)44(56)50-36-15-13-33(14-16-36)32-9-11-34(12-10-32)39-28-49-43(51-39)40-8-7-22-55(40)46(58)42(31(3)4)53(6)48(60)64-38-20-26-62-27-21-38/h9-16,28,30-31,35,37-38,40-42H,7-8,17-27,29H2,1-6H3,(H,49,51)(H,50,56)/t35-,40-,41-,42+/m0/s1. The van der Waals surface area contributed by atoms with Crippen LogP contribution < -0.4 is 5.32 Å². The largest absolute Gasteiger partial charge is 0.446 e. The number of likely N-dealkylation sites (tertiary alicyclic amines) is 2. The van der Waals surface area contributed by atoms with E-state index in [0.717, 1.165) is 35.2 Å². The summed E-state index contributed by atoms with van der Waals surface area (Å²) in [6.45, 7) is 11.2. The highest BCUT2D eigenvalue weighted by Gasteiger charge is 2.41. The lowest BCUT2D eigenvalue weighted by molar-refractivity contribution is -0.139. The van der Waals surface area contributed by atoms with E-state index in [4.69, 9.17) is 23.9 Å². The molecule has 2 N–H and O–H groups in total. The molecule has 0 spiro atoms. The summed E-state index contributed by atoms with van der Waals surface area (Å²) in [6, 6.07) is 14.2. The van der Waals surface area contributed by atoms with Crippen LogP contribution in [0.1, 0.15) is 84.5 Å². The van der Waals surface area contributed by atoms with E-state index < -0.39 is 24.3 Å². The van der Waals surface area contributed by atoms with Gasteiger partial charge in [0, 0.05) is 65.1 Å². The fourth-order valence-electron chi connectivity index (χ4n) is 9.39. The van der Waals surface area contributed by atoms with E-state index in [1.165, 1.54) is 9.80 Å². The van der Waals surface area contributed by atoms with Crippen molar-refractivity contribution in [1.82, 2.24) is 29.6 Å². The number of hydrogen-bond acceptors (Lipinski definition) is 10. The van der Waals surface area contributed by atoms with Crippen molar-refractivity contribution in [3.63, 3.8) is 0 Å². The predicted octanol–water partition coefficient (Wildman–Crippen LogP) is 6.74.